The summed E-state index contributed by atoms with van der Waals surface area (Å²) in [5.74, 6) is 3.41. The predicted octanol–water partition coefficient (Wildman–Crippen LogP) is 5.64. The largest absolute Gasteiger partial charge is 0.475 e. The number of sulfone groups is 2. The molecule has 0 amide bonds. The zero-order valence-corrected chi connectivity index (χ0v) is 28.9. The highest BCUT2D eigenvalue weighted by Crippen LogP contribution is 2.28. The number of nitrogens with zero attached hydrogens (tertiary/aromatic N) is 4. The van der Waals surface area contributed by atoms with E-state index in [1.165, 1.54) is 49.7 Å². The lowest BCUT2D eigenvalue weighted by Gasteiger charge is -2.10. The summed E-state index contributed by atoms with van der Waals surface area (Å²) in [7, 11) is -6.38. The van der Waals surface area contributed by atoms with Crippen molar-refractivity contribution in [1.82, 2.24) is 19.9 Å². The van der Waals surface area contributed by atoms with Crippen molar-refractivity contribution in [3.8, 4) is 34.3 Å². The molecule has 2 aliphatic heterocycles. The van der Waals surface area contributed by atoms with Gasteiger partial charge in [0.15, 0.2) is 19.7 Å². The van der Waals surface area contributed by atoms with Gasteiger partial charge in [0.25, 0.3) is 0 Å². The minimum absolute atomic E-state index is 0.292. The van der Waals surface area contributed by atoms with Gasteiger partial charge in [0, 0.05) is 34.1 Å². The van der Waals surface area contributed by atoms with E-state index >= 15 is 0 Å². The highest BCUT2D eigenvalue weighted by molar-refractivity contribution is 8.00. The number of aromatic nitrogens is 4. The second-order valence-corrected chi connectivity index (χ2v) is 17.8. The molecule has 2 fully saturated rings. The standard InChI is InChI=1S/2C16H18N2O3S2/c2*1-23(19,20)14-6-4-12(5-7-14)15-9-17-10-16(18-15)21-11-13-3-2-8-22-13/h2*4-7,9-10,13H,2-3,8,11H2,1H3/t2*13-/m10/s1. The Morgan fingerprint density at radius 3 is 1.35 bits per heavy atom. The van der Waals surface area contributed by atoms with Gasteiger partial charge in [-0.3, -0.25) is 9.97 Å². The maximum absolute atomic E-state index is 11.5. The van der Waals surface area contributed by atoms with Crippen molar-refractivity contribution < 1.29 is 26.3 Å². The highest BCUT2D eigenvalue weighted by atomic mass is 32.2. The SMILES string of the molecule is CS(=O)(=O)c1ccc(-c2cncc(OC[C@@H]3CCCS3)n2)cc1.CS(=O)(=O)c1ccc(-c2cncc(OC[C@H]3CCCS3)n2)cc1. The van der Waals surface area contributed by atoms with Crippen molar-refractivity contribution in [2.45, 2.75) is 46.0 Å². The van der Waals surface area contributed by atoms with Crippen LogP contribution < -0.4 is 9.47 Å². The maximum Gasteiger partial charge on any atom is 0.232 e. The molecule has 0 spiro atoms. The minimum atomic E-state index is -3.19. The Morgan fingerprint density at radius 1 is 0.630 bits per heavy atom. The first-order chi connectivity index (χ1) is 22.0. The van der Waals surface area contributed by atoms with Gasteiger partial charge in [-0.15, -0.1) is 0 Å². The fourth-order valence-corrected chi connectivity index (χ4v) is 8.36. The summed E-state index contributed by atoms with van der Waals surface area (Å²) < 4.78 is 57.5. The topological polar surface area (TPSA) is 138 Å². The van der Waals surface area contributed by atoms with Crippen molar-refractivity contribution >= 4 is 43.2 Å². The third-order valence-electron chi connectivity index (χ3n) is 7.26. The summed E-state index contributed by atoms with van der Waals surface area (Å²) >= 11 is 3.87. The molecular formula is C32H36N4O6S4. The van der Waals surface area contributed by atoms with Gasteiger partial charge in [-0.25, -0.2) is 26.8 Å². The van der Waals surface area contributed by atoms with Gasteiger partial charge in [0.05, 0.1) is 46.0 Å². The van der Waals surface area contributed by atoms with Crippen LogP contribution in [0.5, 0.6) is 11.8 Å². The molecule has 2 aliphatic rings. The summed E-state index contributed by atoms with van der Waals surface area (Å²) in [6.07, 6.45) is 13.7. The molecule has 0 bridgehead atoms. The third kappa shape index (κ3) is 9.90. The number of thioether (sulfide) groups is 2. The molecule has 4 aromatic rings. The molecule has 2 aromatic carbocycles. The smallest absolute Gasteiger partial charge is 0.232 e. The van der Waals surface area contributed by atoms with Crippen molar-refractivity contribution in [2.75, 3.05) is 37.2 Å². The molecule has 14 heteroatoms. The molecule has 2 aromatic heterocycles. The number of ether oxygens (including phenoxy) is 2. The van der Waals surface area contributed by atoms with Gasteiger partial charge in [-0.05, 0) is 61.5 Å². The average Bonchev–Trinajstić information content (AvgIpc) is 3.78. The van der Waals surface area contributed by atoms with Crippen LogP contribution in [0.1, 0.15) is 25.7 Å². The first kappa shape index (κ1) is 34.1. The summed E-state index contributed by atoms with van der Waals surface area (Å²) in [4.78, 5) is 17.8. The highest BCUT2D eigenvalue weighted by Gasteiger charge is 2.18. The Balaban J connectivity index is 0.000000181. The van der Waals surface area contributed by atoms with Gasteiger partial charge in [-0.2, -0.15) is 23.5 Å². The normalized spacial score (nSPS) is 18.0. The van der Waals surface area contributed by atoms with Crippen LogP contribution >= 0.6 is 23.5 Å². The number of rotatable bonds is 10. The first-order valence-electron chi connectivity index (χ1n) is 14.8. The Hall–Kier alpha value is -3.20. The Morgan fingerprint density at radius 2 is 1.02 bits per heavy atom. The summed E-state index contributed by atoms with van der Waals surface area (Å²) in [5.41, 5.74) is 2.96. The Bertz CT molecular complexity index is 1680. The van der Waals surface area contributed by atoms with Crippen LogP contribution in [-0.4, -0.2) is 84.5 Å². The molecule has 0 aliphatic carbocycles. The van der Waals surface area contributed by atoms with E-state index in [-0.39, 0.29) is 0 Å². The van der Waals surface area contributed by atoms with E-state index in [1.807, 2.05) is 23.5 Å². The molecule has 0 saturated carbocycles. The zero-order chi connectivity index (χ0) is 32.6. The number of hydrogen-bond acceptors (Lipinski definition) is 12. The molecular weight excluding hydrogens is 665 g/mol. The maximum atomic E-state index is 11.5. The summed E-state index contributed by atoms with van der Waals surface area (Å²) in [6, 6.07) is 13.2. The van der Waals surface area contributed by atoms with E-state index in [2.05, 4.69) is 19.9 Å². The lowest BCUT2D eigenvalue weighted by Crippen LogP contribution is -2.11. The summed E-state index contributed by atoms with van der Waals surface area (Å²) in [6.45, 7) is 1.30. The van der Waals surface area contributed by atoms with Gasteiger partial charge in [0.2, 0.25) is 11.8 Å². The van der Waals surface area contributed by atoms with Crippen LogP contribution in [0.4, 0.5) is 0 Å². The van der Waals surface area contributed by atoms with Gasteiger partial charge < -0.3 is 9.47 Å². The fourth-order valence-electron chi connectivity index (χ4n) is 4.77. The second-order valence-electron chi connectivity index (χ2n) is 11.0. The van der Waals surface area contributed by atoms with Crippen LogP contribution in [0, 0.1) is 0 Å². The summed E-state index contributed by atoms with van der Waals surface area (Å²) in [5, 5.41) is 1.07. The van der Waals surface area contributed by atoms with Crippen LogP contribution in [0.25, 0.3) is 22.5 Å². The monoisotopic (exact) mass is 700 g/mol. The molecule has 2 atom stereocenters. The van der Waals surface area contributed by atoms with Crippen molar-refractivity contribution in [3.63, 3.8) is 0 Å². The number of hydrogen-bond donors (Lipinski definition) is 0. The first-order valence-corrected chi connectivity index (χ1v) is 20.7. The van der Waals surface area contributed by atoms with E-state index < -0.39 is 19.7 Å². The number of benzene rings is 2. The van der Waals surface area contributed by atoms with E-state index in [0.717, 1.165) is 11.1 Å². The molecule has 4 heterocycles. The fraction of sp³-hybridized carbons (Fsp3) is 0.375. The van der Waals surface area contributed by atoms with Crippen LogP contribution in [0.15, 0.2) is 83.1 Å². The average molecular weight is 701 g/mol. The van der Waals surface area contributed by atoms with Crippen molar-refractivity contribution in [3.05, 3.63) is 73.3 Å². The van der Waals surface area contributed by atoms with E-state index in [0.29, 0.717) is 56.7 Å². The molecule has 0 radical (unpaired) electrons. The third-order valence-corrected chi connectivity index (χ3v) is 12.3. The minimum Gasteiger partial charge on any atom is -0.475 e. The van der Waals surface area contributed by atoms with Crippen molar-refractivity contribution in [2.24, 2.45) is 0 Å². The van der Waals surface area contributed by atoms with Crippen LogP contribution in [-0.2, 0) is 19.7 Å². The van der Waals surface area contributed by atoms with Crippen LogP contribution in [0.2, 0.25) is 0 Å². The molecule has 244 valence electrons. The molecule has 46 heavy (non-hydrogen) atoms. The molecule has 2 saturated heterocycles. The lowest BCUT2D eigenvalue weighted by atomic mass is 10.2. The van der Waals surface area contributed by atoms with Crippen LogP contribution in [0.3, 0.4) is 0 Å². The van der Waals surface area contributed by atoms with Gasteiger partial charge in [0.1, 0.15) is 13.2 Å². The molecule has 6 rings (SSSR count). The van der Waals surface area contributed by atoms with E-state index in [9.17, 15) is 16.8 Å². The second kappa shape index (κ2) is 15.6. The van der Waals surface area contributed by atoms with Gasteiger partial charge in [-0.1, -0.05) is 24.3 Å². The lowest BCUT2D eigenvalue weighted by molar-refractivity contribution is 0.302. The predicted molar refractivity (Wildman–Crippen MR) is 183 cm³/mol. The Kier molecular flexibility index (Phi) is 11.6. The molecule has 0 unspecified atom stereocenters. The molecule has 10 nitrogen and oxygen atoms in total. The Labute approximate surface area is 279 Å². The van der Waals surface area contributed by atoms with Crippen molar-refractivity contribution in [1.29, 1.82) is 0 Å². The van der Waals surface area contributed by atoms with E-state index in [4.69, 9.17) is 9.47 Å². The quantitative estimate of drug-likeness (QED) is 0.202. The zero-order valence-electron chi connectivity index (χ0n) is 25.6. The van der Waals surface area contributed by atoms with E-state index in [1.54, 1.807) is 73.3 Å². The molecule has 0 N–H and O–H groups in total. The van der Waals surface area contributed by atoms with Gasteiger partial charge >= 0.3 is 0 Å².